The largest absolute Gasteiger partial charge is 0.416 e. The van der Waals surface area contributed by atoms with Crippen LogP contribution in [0.3, 0.4) is 0 Å². The minimum absolute atomic E-state index is 0.429. The standard InChI is InChI=1S/C10H7BrN2O2S/c1-6-12-13-10(15-6)16-9-4-8(11)3-2-7(9)5-14/h2-5H,1H3. The average molecular weight is 299 g/mol. The summed E-state index contributed by atoms with van der Waals surface area (Å²) in [6.45, 7) is 1.72. The summed E-state index contributed by atoms with van der Waals surface area (Å²) in [5, 5.41) is 8.01. The zero-order chi connectivity index (χ0) is 11.5. The second-order valence-corrected chi connectivity index (χ2v) is 4.90. The van der Waals surface area contributed by atoms with Crippen molar-refractivity contribution in [1.29, 1.82) is 0 Å². The fraction of sp³-hybridized carbons (Fsp3) is 0.100. The van der Waals surface area contributed by atoms with E-state index in [9.17, 15) is 4.79 Å². The third-order valence-corrected chi connectivity index (χ3v) is 3.21. The molecule has 0 unspecified atom stereocenters. The molecule has 0 aliphatic heterocycles. The lowest BCUT2D eigenvalue weighted by Crippen LogP contribution is -1.85. The summed E-state index contributed by atoms with van der Waals surface area (Å²) in [7, 11) is 0. The monoisotopic (exact) mass is 298 g/mol. The van der Waals surface area contributed by atoms with E-state index in [4.69, 9.17) is 4.42 Å². The molecule has 0 saturated heterocycles. The van der Waals surface area contributed by atoms with E-state index < -0.39 is 0 Å². The molecule has 0 aliphatic carbocycles. The number of benzene rings is 1. The summed E-state index contributed by atoms with van der Waals surface area (Å²) >= 11 is 4.62. The number of nitrogens with zero attached hydrogens (tertiary/aromatic N) is 2. The molecule has 6 heteroatoms. The predicted molar refractivity (Wildman–Crippen MR) is 62.7 cm³/mol. The Morgan fingerprint density at radius 1 is 1.44 bits per heavy atom. The van der Waals surface area contributed by atoms with Gasteiger partial charge in [-0.05, 0) is 30.0 Å². The maximum Gasteiger partial charge on any atom is 0.281 e. The van der Waals surface area contributed by atoms with Crippen LogP contribution in [0.15, 0.2) is 37.2 Å². The van der Waals surface area contributed by atoms with Gasteiger partial charge in [-0.2, -0.15) is 0 Å². The Balaban J connectivity index is 2.32. The van der Waals surface area contributed by atoms with Gasteiger partial charge in [0.25, 0.3) is 5.22 Å². The van der Waals surface area contributed by atoms with Crippen LogP contribution in [0.2, 0.25) is 0 Å². The van der Waals surface area contributed by atoms with Crippen molar-refractivity contribution < 1.29 is 9.21 Å². The van der Waals surface area contributed by atoms with E-state index in [2.05, 4.69) is 26.1 Å². The van der Waals surface area contributed by atoms with Gasteiger partial charge in [-0.15, -0.1) is 10.2 Å². The van der Waals surface area contributed by atoms with Crippen LogP contribution in [-0.4, -0.2) is 16.5 Å². The Hall–Kier alpha value is -1.14. The first-order valence-electron chi connectivity index (χ1n) is 4.42. The summed E-state index contributed by atoms with van der Waals surface area (Å²) in [5.41, 5.74) is 0.601. The molecule has 1 aromatic carbocycles. The molecule has 0 N–H and O–H groups in total. The number of carbonyl (C=O) groups excluding carboxylic acids is 1. The topological polar surface area (TPSA) is 56.0 Å². The van der Waals surface area contributed by atoms with Gasteiger partial charge in [0.05, 0.1) is 0 Å². The van der Waals surface area contributed by atoms with Gasteiger partial charge in [0.15, 0.2) is 6.29 Å². The smallest absolute Gasteiger partial charge is 0.281 e. The summed E-state index contributed by atoms with van der Waals surface area (Å²) in [5.74, 6) is 0.505. The maximum atomic E-state index is 10.8. The van der Waals surface area contributed by atoms with Gasteiger partial charge in [-0.25, -0.2) is 0 Å². The maximum absolute atomic E-state index is 10.8. The van der Waals surface area contributed by atoms with Crippen LogP contribution >= 0.6 is 27.7 Å². The van der Waals surface area contributed by atoms with Gasteiger partial charge in [0.1, 0.15) is 0 Å². The van der Waals surface area contributed by atoms with Crippen LogP contribution in [0, 0.1) is 6.92 Å². The first kappa shape index (κ1) is 11.3. The van der Waals surface area contributed by atoms with E-state index in [1.165, 1.54) is 11.8 Å². The molecule has 16 heavy (non-hydrogen) atoms. The quantitative estimate of drug-likeness (QED) is 0.815. The van der Waals surface area contributed by atoms with Crippen LogP contribution in [0.4, 0.5) is 0 Å². The highest BCUT2D eigenvalue weighted by molar-refractivity contribution is 9.10. The zero-order valence-electron chi connectivity index (χ0n) is 8.31. The zero-order valence-corrected chi connectivity index (χ0v) is 10.7. The molecule has 4 nitrogen and oxygen atoms in total. The van der Waals surface area contributed by atoms with E-state index in [0.29, 0.717) is 16.7 Å². The number of hydrogen-bond donors (Lipinski definition) is 0. The van der Waals surface area contributed by atoms with Gasteiger partial charge in [0.2, 0.25) is 5.89 Å². The number of aldehydes is 1. The number of hydrogen-bond acceptors (Lipinski definition) is 5. The van der Waals surface area contributed by atoms with Crippen LogP contribution in [0.5, 0.6) is 0 Å². The number of halogens is 1. The minimum atomic E-state index is 0.429. The lowest BCUT2D eigenvalue weighted by molar-refractivity contribution is 0.112. The molecule has 0 atom stereocenters. The molecule has 2 rings (SSSR count). The molecule has 2 aromatic rings. The Kier molecular flexibility index (Phi) is 3.40. The second-order valence-electron chi connectivity index (χ2n) is 2.99. The third kappa shape index (κ3) is 2.51. The van der Waals surface area contributed by atoms with Crippen molar-refractivity contribution >= 4 is 34.0 Å². The minimum Gasteiger partial charge on any atom is -0.416 e. The van der Waals surface area contributed by atoms with E-state index in [0.717, 1.165) is 15.7 Å². The van der Waals surface area contributed by atoms with Gasteiger partial charge < -0.3 is 4.42 Å². The highest BCUT2D eigenvalue weighted by atomic mass is 79.9. The summed E-state index contributed by atoms with van der Waals surface area (Å²) in [6.07, 6.45) is 0.804. The molecule has 1 heterocycles. The molecular formula is C10H7BrN2O2S. The molecule has 1 aromatic heterocycles. The highest BCUT2D eigenvalue weighted by Crippen LogP contribution is 2.30. The molecule has 0 fully saturated rings. The molecular weight excluding hydrogens is 292 g/mol. The SMILES string of the molecule is Cc1nnc(Sc2cc(Br)ccc2C=O)o1. The van der Waals surface area contributed by atoms with E-state index in [-0.39, 0.29) is 0 Å². The first-order valence-corrected chi connectivity index (χ1v) is 6.02. The van der Waals surface area contributed by atoms with Gasteiger partial charge in [0, 0.05) is 21.9 Å². The summed E-state index contributed by atoms with van der Waals surface area (Å²) in [6, 6.07) is 5.39. The fourth-order valence-corrected chi connectivity index (χ4v) is 2.47. The Morgan fingerprint density at radius 3 is 2.88 bits per heavy atom. The van der Waals surface area contributed by atoms with E-state index >= 15 is 0 Å². The lowest BCUT2D eigenvalue weighted by Gasteiger charge is -2.01. The Morgan fingerprint density at radius 2 is 2.25 bits per heavy atom. The fourth-order valence-electron chi connectivity index (χ4n) is 1.11. The molecule has 0 bridgehead atoms. The predicted octanol–water partition coefficient (Wildman–Crippen LogP) is 3.10. The third-order valence-electron chi connectivity index (χ3n) is 1.81. The van der Waals surface area contributed by atoms with E-state index in [1.54, 1.807) is 13.0 Å². The molecule has 82 valence electrons. The number of rotatable bonds is 3. The molecule has 0 radical (unpaired) electrons. The van der Waals surface area contributed by atoms with Crippen LogP contribution in [0.1, 0.15) is 16.2 Å². The average Bonchev–Trinajstić information content (AvgIpc) is 2.64. The number of aromatic nitrogens is 2. The summed E-state index contributed by atoms with van der Waals surface area (Å²) < 4.78 is 6.14. The van der Waals surface area contributed by atoms with Gasteiger partial charge in [-0.3, -0.25) is 4.79 Å². The van der Waals surface area contributed by atoms with Crippen molar-refractivity contribution in [2.45, 2.75) is 17.0 Å². The van der Waals surface area contributed by atoms with Crippen molar-refractivity contribution in [3.63, 3.8) is 0 Å². The lowest BCUT2D eigenvalue weighted by atomic mass is 10.2. The highest BCUT2D eigenvalue weighted by Gasteiger charge is 2.09. The van der Waals surface area contributed by atoms with Gasteiger partial charge in [-0.1, -0.05) is 15.9 Å². The van der Waals surface area contributed by atoms with Crippen molar-refractivity contribution in [2.75, 3.05) is 0 Å². The van der Waals surface area contributed by atoms with Crippen molar-refractivity contribution in [3.8, 4) is 0 Å². The molecule has 0 aliphatic rings. The Labute approximate surface area is 105 Å². The second kappa shape index (κ2) is 4.80. The Bertz CT molecular complexity index is 527. The van der Waals surface area contributed by atoms with Crippen LogP contribution in [-0.2, 0) is 0 Å². The van der Waals surface area contributed by atoms with Crippen molar-refractivity contribution in [3.05, 3.63) is 34.1 Å². The number of aryl methyl sites for hydroxylation is 1. The van der Waals surface area contributed by atoms with Crippen molar-refractivity contribution in [2.24, 2.45) is 0 Å². The van der Waals surface area contributed by atoms with Crippen LogP contribution < -0.4 is 0 Å². The molecule has 0 spiro atoms. The first-order chi connectivity index (χ1) is 7.69. The normalized spacial score (nSPS) is 10.4. The molecule has 0 saturated carbocycles. The van der Waals surface area contributed by atoms with Crippen LogP contribution in [0.25, 0.3) is 0 Å². The van der Waals surface area contributed by atoms with Gasteiger partial charge >= 0.3 is 0 Å². The summed E-state index contributed by atoms with van der Waals surface area (Å²) in [4.78, 5) is 11.6. The van der Waals surface area contributed by atoms with Crippen molar-refractivity contribution in [1.82, 2.24) is 10.2 Å². The molecule has 0 amide bonds. The number of carbonyl (C=O) groups is 1. The van der Waals surface area contributed by atoms with E-state index in [1.807, 2.05) is 12.1 Å².